The van der Waals surface area contributed by atoms with Crippen molar-refractivity contribution in [1.82, 2.24) is 99.7 Å². The van der Waals surface area contributed by atoms with Crippen molar-refractivity contribution in [1.29, 1.82) is 0 Å². The number of fused-ring (bicyclic) bond motifs is 30. The largest absolute Gasteiger partial charge is 2.00 e. The molecule has 0 aliphatic rings. The summed E-state index contributed by atoms with van der Waals surface area (Å²) in [6.07, 6.45) is 35.2. The third kappa shape index (κ3) is 13.9. The Labute approximate surface area is 653 Å². The van der Waals surface area contributed by atoms with Crippen LogP contribution in [0.15, 0.2) is 291 Å². The minimum absolute atomic E-state index is 0. The third-order valence-corrected chi connectivity index (χ3v) is 20.0. The van der Waals surface area contributed by atoms with Gasteiger partial charge in [0.25, 0.3) is 0 Å². The van der Waals surface area contributed by atoms with Crippen LogP contribution < -0.4 is 0 Å². The van der Waals surface area contributed by atoms with Gasteiger partial charge in [-0.15, -0.1) is 23.5 Å². The minimum atomic E-state index is 0. The van der Waals surface area contributed by atoms with Gasteiger partial charge in [0, 0.05) is 210 Å². The maximum Gasteiger partial charge on any atom is 2.00 e. The van der Waals surface area contributed by atoms with E-state index in [4.69, 9.17) is 4.74 Å². The summed E-state index contributed by atoms with van der Waals surface area (Å²) < 4.78 is 5.98. The normalized spacial score (nSPS) is 11.2. The number of ether oxygens (including phenoxy) is 1. The van der Waals surface area contributed by atoms with Crippen molar-refractivity contribution in [3.05, 3.63) is 282 Å². The summed E-state index contributed by atoms with van der Waals surface area (Å²) in [5, 5.41) is 12.5. The first-order valence-corrected chi connectivity index (χ1v) is 36.1. The molecule has 0 saturated heterocycles. The molecule has 25 heteroatoms. The molecule has 0 spiro atoms. The number of rotatable bonds is 8. The molecule has 6 aromatic carbocycles. The van der Waals surface area contributed by atoms with Crippen molar-refractivity contribution >= 4 is 198 Å². The maximum absolute atomic E-state index is 5.98. The number of aromatic nitrogens is 20. The quantitative estimate of drug-likeness (QED) is 0.0592. The number of pyridine rings is 12. The molecule has 0 saturated carbocycles. The van der Waals surface area contributed by atoms with Crippen molar-refractivity contribution in [2.45, 2.75) is 9.79 Å². The molecule has 0 bridgehead atoms. The topological polar surface area (TPSA) is 267 Å². The predicted molar refractivity (Wildman–Crippen MR) is 427 cm³/mol. The standard InChI is InChI=1S/C28H22N4OS2.4C14H8N4.2Ru/c1-5-19-17-23(21-7-3-11-31-27(21)25(19)29-9-1)34-15-13-33-14-16-35-24-18-20-6-2-10-30-26(20)28-22(24)8-4-12-32-28;4*1-3-9-11(15-5-1)12-10(4-2-6-16-12)14-13(9)17-7-8-18-14;;/h1-12,17-18H,13-16H2;4*1-8H;;/q;;;;;2*+2. The van der Waals surface area contributed by atoms with E-state index in [1.165, 1.54) is 9.79 Å². The summed E-state index contributed by atoms with van der Waals surface area (Å²) in [5.74, 6) is 1.77. The Morgan fingerprint density at radius 2 is 0.339 bits per heavy atom. The predicted octanol–water partition coefficient (Wildman–Crippen LogP) is 17.7. The molecule has 16 heterocycles. The number of nitrogens with zero attached hydrogens (tertiary/aromatic N) is 20. The van der Waals surface area contributed by atoms with Gasteiger partial charge in [0.1, 0.15) is 0 Å². The Morgan fingerprint density at radius 1 is 0.183 bits per heavy atom. The van der Waals surface area contributed by atoms with Crippen LogP contribution in [0.3, 0.4) is 0 Å². The fraction of sp³-hybridized carbons (Fsp3) is 0.0476. The number of hydrogen-bond acceptors (Lipinski definition) is 23. The van der Waals surface area contributed by atoms with Gasteiger partial charge in [0.15, 0.2) is 0 Å². The van der Waals surface area contributed by atoms with E-state index in [2.05, 4.69) is 136 Å². The van der Waals surface area contributed by atoms with Gasteiger partial charge in [-0.2, -0.15) is 0 Å². The molecule has 21 nitrogen and oxygen atoms in total. The van der Waals surface area contributed by atoms with E-state index >= 15 is 0 Å². The summed E-state index contributed by atoms with van der Waals surface area (Å²) in [6.45, 7) is 1.39. The molecule has 0 amide bonds. The summed E-state index contributed by atoms with van der Waals surface area (Å²) >= 11 is 3.62. The molecule has 0 aliphatic carbocycles. The first kappa shape index (κ1) is 70.8. The second-order valence-corrected chi connectivity index (χ2v) is 26.5. The van der Waals surface area contributed by atoms with Crippen molar-refractivity contribution in [2.75, 3.05) is 24.7 Å². The zero-order valence-corrected chi connectivity index (χ0v) is 62.4. The fourth-order valence-electron chi connectivity index (χ4n) is 13.5. The maximum atomic E-state index is 5.98. The summed E-state index contributed by atoms with van der Waals surface area (Å²) in [5.41, 5.74) is 17.8. The van der Waals surface area contributed by atoms with Gasteiger partial charge in [-0.05, 0) is 133 Å². The molecule has 0 aliphatic heterocycles. The van der Waals surface area contributed by atoms with Gasteiger partial charge >= 0.3 is 39.0 Å². The van der Waals surface area contributed by atoms with E-state index < -0.39 is 0 Å². The van der Waals surface area contributed by atoms with Crippen LogP contribution in [0.25, 0.3) is 175 Å². The van der Waals surface area contributed by atoms with Crippen LogP contribution >= 0.6 is 23.5 Å². The van der Waals surface area contributed by atoms with Gasteiger partial charge in [-0.1, -0.05) is 24.3 Å². The monoisotopic (exact) mass is 1630 g/mol. The van der Waals surface area contributed by atoms with Gasteiger partial charge in [-0.3, -0.25) is 99.7 Å². The minimum Gasteiger partial charge on any atom is -0.380 e. The van der Waals surface area contributed by atoms with Gasteiger partial charge in [-0.25, -0.2) is 0 Å². The van der Waals surface area contributed by atoms with E-state index in [1.54, 1.807) is 99.1 Å². The van der Waals surface area contributed by atoms with Crippen molar-refractivity contribution in [3.63, 3.8) is 0 Å². The molecule has 22 rings (SSSR count). The van der Waals surface area contributed by atoms with Crippen LogP contribution in [0, 0.1) is 0 Å². The first-order chi connectivity index (χ1) is 53.2. The number of thioether (sulfide) groups is 2. The average Bonchev–Trinajstić information content (AvgIpc) is 0.760. The molecule has 109 heavy (non-hydrogen) atoms. The smallest absolute Gasteiger partial charge is 0.380 e. The van der Waals surface area contributed by atoms with Crippen LogP contribution in [-0.4, -0.2) is 124 Å². The Hall–Kier alpha value is -12.5. The van der Waals surface area contributed by atoms with Crippen LogP contribution in [0.2, 0.25) is 0 Å². The van der Waals surface area contributed by atoms with Crippen LogP contribution in [-0.2, 0) is 43.7 Å². The molecule has 16 aromatic heterocycles. The van der Waals surface area contributed by atoms with Gasteiger partial charge in [0.05, 0.1) is 124 Å². The van der Waals surface area contributed by atoms with Gasteiger partial charge in [0.2, 0.25) is 0 Å². The number of benzene rings is 6. The molecule has 0 unspecified atom stereocenters. The molecule has 0 N–H and O–H groups in total. The summed E-state index contributed by atoms with van der Waals surface area (Å²) in [6, 6.07) is 52.1. The second-order valence-electron chi connectivity index (χ2n) is 24.2. The fourth-order valence-corrected chi connectivity index (χ4v) is 15.4. The average molecular weight is 1630 g/mol. The molecule has 520 valence electrons. The molecular formula is C84H54N20ORu2S2+4. The SMILES string of the molecule is [Ru+2].[Ru+2].c1cnc2c(c1)c1nccnc1c1cccnc12.c1cnc2c(c1)c1nccnc1c1cccnc12.c1cnc2c(c1)c1nccnc1c1cccnc12.c1cnc2c(c1)c1nccnc1c1cccnc12.c1cnc2c(c1)cc(SCCOCCSc1cc3cccnc3c3ncccc13)c1cccnc12. The summed E-state index contributed by atoms with van der Waals surface area (Å²) in [4.78, 5) is 91.6. The molecule has 0 fully saturated rings. The molecular weight excluding hydrogens is 1570 g/mol. The third-order valence-electron chi connectivity index (χ3n) is 18.0. The van der Waals surface area contributed by atoms with E-state index in [-0.39, 0.29) is 39.0 Å². The van der Waals surface area contributed by atoms with Crippen molar-refractivity contribution in [2.24, 2.45) is 0 Å². The van der Waals surface area contributed by atoms with Crippen LogP contribution in [0.5, 0.6) is 0 Å². The van der Waals surface area contributed by atoms with E-state index in [0.29, 0.717) is 13.2 Å². The molecule has 22 aromatic rings. The van der Waals surface area contributed by atoms with Crippen LogP contribution in [0.4, 0.5) is 0 Å². The first-order valence-electron chi connectivity index (χ1n) is 34.2. The van der Waals surface area contributed by atoms with Crippen LogP contribution in [0.1, 0.15) is 0 Å². The zero-order chi connectivity index (χ0) is 71.2. The number of hydrogen-bond donors (Lipinski definition) is 0. The Balaban J connectivity index is 0.000000107. The Morgan fingerprint density at radius 3 is 0.541 bits per heavy atom. The molecule has 0 atom stereocenters. The van der Waals surface area contributed by atoms with E-state index in [1.807, 2.05) is 170 Å². The van der Waals surface area contributed by atoms with Crippen molar-refractivity contribution < 1.29 is 43.7 Å². The second kappa shape index (κ2) is 32.3. The van der Waals surface area contributed by atoms with E-state index in [0.717, 1.165) is 186 Å². The van der Waals surface area contributed by atoms with Crippen molar-refractivity contribution in [3.8, 4) is 0 Å². The Kier molecular flexibility index (Phi) is 21.0. The summed E-state index contributed by atoms with van der Waals surface area (Å²) in [7, 11) is 0. The zero-order valence-electron chi connectivity index (χ0n) is 57.3. The molecule has 0 radical (unpaired) electrons. The van der Waals surface area contributed by atoms with Gasteiger partial charge < -0.3 is 4.74 Å². The van der Waals surface area contributed by atoms with E-state index in [9.17, 15) is 0 Å². The Bertz CT molecular complexity index is 5560.